The molecule has 0 unspecified atom stereocenters. The van der Waals surface area contributed by atoms with Crippen molar-refractivity contribution in [1.29, 1.82) is 0 Å². The number of carbonyl (C=O) groups excluding carboxylic acids is 3. The van der Waals surface area contributed by atoms with E-state index in [0.29, 0.717) is 29.4 Å². The number of para-hydroxylation sites is 1. The third-order valence-corrected chi connectivity index (χ3v) is 6.42. The third kappa shape index (κ3) is 6.55. The van der Waals surface area contributed by atoms with Crippen LogP contribution in [0, 0.1) is 19.8 Å². The molecular weight excluding hydrogens is 492 g/mol. The summed E-state index contributed by atoms with van der Waals surface area (Å²) in [5.41, 5.74) is 1.66. The van der Waals surface area contributed by atoms with Gasteiger partial charge in [0, 0.05) is 25.6 Å². The summed E-state index contributed by atoms with van der Waals surface area (Å²) in [4.78, 5) is 42.1. The van der Waals surface area contributed by atoms with Crippen LogP contribution in [0.15, 0.2) is 22.7 Å². The molecule has 208 valence electrons. The number of fused-ring (bicyclic) bond motifs is 1. The van der Waals surface area contributed by atoms with Crippen LogP contribution in [0.4, 0.5) is 21.0 Å². The van der Waals surface area contributed by atoms with Crippen LogP contribution in [-0.4, -0.2) is 83.0 Å². The van der Waals surface area contributed by atoms with Crippen LogP contribution in [0.3, 0.4) is 0 Å². The van der Waals surface area contributed by atoms with Gasteiger partial charge in [0.25, 0.3) is 5.91 Å². The molecule has 1 aliphatic heterocycles. The summed E-state index contributed by atoms with van der Waals surface area (Å²) < 4.78 is 11.5. The fourth-order valence-electron chi connectivity index (χ4n) is 4.20. The van der Waals surface area contributed by atoms with Crippen LogP contribution in [0.2, 0.25) is 0 Å². The van der Waals surface area contributed by atoms with Crippen LogP contribution in [-0.2, 0) is 0 Å². The number of nitrogens with one attached hydrogen (secondary N) is 3. The van der Waals surface area contributed by atoms with Crippen molar-refractivity contribution in [3.05, 3.63) is 35.2 Å². The first-order chi connectivity index (χ1) is 17.9. The van der Waals surface area contributed by atoms with Gasteiger partial charge in [0.15, 0.2) is 11.5 Å². The van der Waals surface area contributed by atoms with E-state index in [1.54, 1.807) is 50.9 Å². The summed E-state index contributed by atoms with van der Waals surface area (Å²) in [6, 6.07) is 3.59. The predicted octanol–water partition coefficient (Wildman–Crippen LogP) is 3.21. The van der Waals surface area contributed by atoms with Crippen molar-refractivity contribution >= 4 is 29.3 Å². The van der Waals surface area contributed by atoms with Gasteiger partial charge in [-0.1, -0.05) is 18.1 Å². The average Bonchev–Trinajstić information content (AvgIpc) is 3.17. The van der Waals surface area contributed by atoms with Gasteiger partial charge in [-0.05, 0) is 46.8 Å². The predicted molar refractivity (Wildman–Crippen MR) is 143 cm³/mol. The molecule has 12 heteroatoms. The number of aryl methyl sites for hydroxylation is 2. The van der Waals surface area contributed by atoms with E-state index in [2.05, 4.69) is 21.1 Å². The second-order valence-corrected chi connectivity index (χ2v) is 10.1. The number of nitrogens with zero attached hydrogens (tertiary/aromatic N) is 3. The first-order valence-electron chi connectivity index (χ1n) is 12.7. The topological polar surface area (TPSA) is 149 Å². The van der Waals surface area contributed by atoms with Gasteiger partial charge in [-0.3, -0.25) is 4.79 Å². The molecule has 0 saturated carbocycles. The Balaban J connectivity index is 1.94. The number of amides is 5. The number of hydrogen-bond acceptors (Lipinski definition) is 7. The van der Waals surface area contributed by atoms with Crippen molar-refractivity contribution in [2.24, 2.45) is 5.92 Å². The van der Waals surface area contributed by atoms with Gasteiger partial charge in [0.2, 0.25) is 0 Å². The highest BCUT2D eigenvalue weighted by molar-refractivity contribution is 6.01. The molecule has 12 nitrogen and oxygen atoms in total. The van der Waals surface area contributed by atoms with Crippen molar-refractivity contribution in [3.8, 4) is 5.75 Å². The zero-order chi connectivity index (χ0) is 28.1. The molecule has 1 aromatic heterocycles. The Morgan fingerprint density at radius 2 is 1.95 bits per heavy atom. The van der Waals surface area contributed by atoms with E-state index in [1.165, 1.54) is 4.90 Å². The highest BCUT2D eigenvalue weighted by Crippen LogP contribution is 2.35. The molecule has 3 atom stereocenters. The van der Waals surface area contributed by atoms with E-state index in [4.69, 9.17) is 9.26 Å². The zero-order valence-electron chi connectivity index (χ0n) is 23.0. The Hall–Kier alpha value is -3.80. The number of hydrogen-bond donors (Lipinski definition) is 4. The van der Waals surface area contributed by atoms with Crippen molar-refractivity contribution in [3.63, 3.8) is 0 Å². The fourth-order valence-corrected chi connectivity index (χ4v) is 4.20. The molecule has 2 aromatic rings. The molecular formula is C26H38N6O6. The minimum absolute atomic E-state index is 0.0957. The smallest absolute Gasteiger partial charge is 0.321 e. The lowest BCUT2D eigenvalue weighted by Crippen LogP contribution is -2.50. The van der Waals surface area contributed by atoms with E-state index in [-0.39, 0.29) is 48.4 Å². The van der Waals surface area contributed by atoms with Crippen molar-refractivity contribution < 1.29 is 28.8 Å². The second kappa shape index (κ2) is 12.2. The molecule has 0 fully saturated rings. The van der Waals surface area contributed by atoms with Gasteiger partial charge >= 0.3 is 12.1 Å². The van der Waals surface area contributed by atoms with E-state index in [0.717, 1.165) is 0 Å². The van der Waals surface area contributed by atoms with Crippen molar-refractivity contribution in [1.82, 2.24) is 20.3 Å². The maximum absolute atomic E-state index is 13.5. The van der Waals surface area contributed by atoms with Crippen LogP contribution in [0.5, 0.6) is 5.75 Å². The number of urea groups is 2. The van der Waals surface area contributed by atoms with Gasteiger partial charge in [0.05, 0.1) is 30.4 Å². The van der Waals surface area contributed by atoms with Gasteiger partial charge in [-0.25, -0.2) is 9.59 Å². The fraction of sp³-hybridized carbons (Fsp3) is 0.538. The number of ether oxygens (including phenoxy) is 1. The third-order valence-electron chi connectivity index (χ3n) is 6.42. The van der Waals surface area contributed by atoms with Gasteiger partial charge in [0.1, 0.15) is 17.5 Å². The SMILES string of the molecule is Cc1noc(C)c1NC(=O)N(C)C[C@@H]1Oc2c(NC(=O)NC(C)C)cccc2C(=O)N([C@H](C)CO)C[C@@H]1C. The van der Waals surface area contributed by atoms with Crippen molar-refractivity contribution in [2.45, 2.75) is 59.7 Å². The molecule has 0 saturated heterocycles. The first kappa shape index (κ1) is 28.8. The van der Waals surface area contributed by atoms with E-state index in [9.17, 15) is 19.5 Å². The zero-order valence-corrected chi connectivity index (χ0v) is 23.0. The molecule has 0 spiro atoms. The van der Waals surface area contributed by atoms with Crippen LogP contribution in [0.25, 0.3) is 0 Å². The molecule has 5 amide bonds. The molecule has 1 aromatic carbocycles. The summed E-state index contributed by atoms with van der Waals surface area (Å²) in [5.74, 6) is 0.163. The van der Waals surface area contributed by atoms with Gasteiger partial charge < -0.3 is 40.1 Å². The molecule has 0 radical (unpaired) electrons. The molecule has 4 N–H and O–H groups in total. The van der Waals surface area contributed by atoms with Crippen LogP contribution < -0.4 is 20.7 Å². The van der Waals surface area contributed by atoms with E-state index in [1.807, 2.05) is 20.8 Å². The number of aromatic nitrogens is 1. The lowest BCUT2D eigenvalue weighted by Gasteiger charge is -2.38. The highest BCUT2D eigenvalue weighted by Gasteiger charge is 2.35. The Labute approximate surface area is 222 Å². The highest BCUT2D eigenvalue weighted by atomic mass is 16.5. The number of carbonyl (C=O) groups is 3. The first-order valence-corrected chi connectivity index (χ1v) is 12.7. The standard InChI is InChI=1S/C26H38N6O6/c1-14(2)27-25(35)28-20-10-8-9-19-23(20)37-21(15(3)11-32(24(19)34)16(4)13-33)12-31(7)26(36)29-22-17(5)30-38-18(22)6/h8-10,14-16,21,33H,11-13H2,1-7H3,(H,29,36)(H2,27,28,35)/t15-,16+,21-/m0/s1. The lowest BCUT2D eigenvalue weighted by atomic mass is 9.99. The molecule has 38 heavy (non-hydrogen) atoms. The maximum atomic E-state index is 13.5. The monoisotopic (exact) mass is 530 g/mol. The Bertz CT molecular complexity index is 1150. The largest absolute Gasteiger partial charge is 0.485 e. The molecule has 0 aliphatic carbocycles. The molecule has 1 aliphatic rings. The number of rotatable bonds is 7. The Morgan fingerprint density at radius 3 is 2.55 bits per heavy atom. The quantitative estimate of drug-likeness (QED) is 0.429. The van der Waals surface area contributed by atoms with Gasteiger partial charge in [-0.2, -0.15) is 0 Å². The molecule has 3 rings (SSSR count). The number of likely N-dealkylation sites (N-methyl/N-ethyl adjacent to an activating group) is 1. The van der Waals surface area contributed by atoms with E-state index >= 15 is 0 Å². The summed E-state index contributed by atoms with van der Waals surface area (Å²) in [6.45, 7) is 11.1. The number of benzene rings is 1. The Kier molecular flexibility index (Phi) is 9.21. The lowest BCUT2D eigenvalue weighted by molar-refractivity contribution is 0.0373. The summed E-state index contributed by atoms with van der Waals surface area (Å²) in [6.07, 6.45) is -0.549. The molecule has 2 heterocycles. The number of anilines is 2. The minimum atomic E-state index is -0.549. The van der Waals surface area contributed by atoms with Crippen LogP contribution >= 0.6 is 0 Å². The average molecular weight is 531 g/mol. The maximum Gasteiger partial charge on any atom is 0.321 e. The minimum Gasteiger partial charge on any atom is -0.485 e. The van der Waals surface area contributed by atoms with E-state index < -0.39 is 18.2 Å². The summed E-state index contributed by atoms with van der Waals surface area (Å²) >= 11 is 0. The Morgan fingerprint density at radius 1 is 1.24 bits per heavy atom. The van der Waals surface area contributed by atoms with Crippen molar-refractivity contribution in [2.75, 3.05) is 37.4 Å². The van der Waals surface area contributed by atoms with Gasteiger partial charge in [-0.15, -0.1) is 0 Å². The molecule has 0 bridgehead atoms. The summed E-state index contributed by atoms with van der Waals surface area (Å²) in [7, 11) is 1.64. The van der Waals surface area contributed by atoms with Crippen LogP contribution in [0.1, 0.15) is 49.5 Å². The second-order valence-electron chi connectivity index (χ2n) is 10.1. The number of aliphatic hydroxyl groups excluding tert-OH is 1. The normalized spacial score (nSPS) is 18.1. The summed E-state index contributed by atoms with van der Waals surface area (Å²) in [5, 5.41) is 22.1. The number of aliphatic hydroxyl groups is 1.